The first-order valence-corrected chi connectivity index (χ1v) is 16.1. The second kappa shape index (κ2) is 10.4. The van der Waals surface area contributed by atoms with Crippen molar-refractivity contribution in [1.82, 2.24) is 4.57 Å². The van der Waals surface area contributed by atoms with E-state index in [1.807, 2.05) is 6.92 Å². The van der Waals surface area contributed by atoms with Gasteiger partial charge in [0.05, 0.1) is 33.1 Å². The Bertz CT molecular complexity index is 2010. The fraction of sp³-hybridized carbons (Fsp3) is 0.241. The summed E-state index contributed by atoms with van der Waals surface area (Å²) in [6, 6.07) is 12.9. The largest absolute Gasteiger partial charge is 0.503 e. The van der Waals surface area contributed by atoms with E-state index in [4.69, 9.17) is 0 Å². The van der Waals surface area contributed by atoms with Crippen molar-refractivity contribution in [2.45, 2.75) is 42.4 Å². The van der Waals surface area contributed by atoms with Gasteiger partial charge in [-0.25, -0.2) is 8.42 Å². The average Bonchev–Trinajstić information content (AvgIpc) is 2.93. The zero-order chi connectivity index (χ0) is 29.7. The molecule has 10 nitrogen and oxygen atoms in total. The van der Waals surface area contributed by atoms with Gasteiger partial charge in [0.25, 0.3) is 15.7 Å². The molecule has 0 saturated carbocycles. The van der Waals surface area contributed by atoms with Crippen LogP contribution < -0.4 is 10.9 Å². The van der Waals surface area contributed by atoms with E-state index >= 15 is 0 Å². The highest BCUT2D eigenvalue weighted by molar-refractivity contribution is 7.91. The van der Waals surface area contributed by atoms with Gasteiger partial charge in [0.15, 0.2) is 21.4 Å². The number of hydrogen-bond donors (Lipinski definition) is 3. The Morgan fingerprint density at radius 1 is 0.854 bits per heavy atom. The van der Waals surface area contributed by atoms with E-state index in [-0.39, 0.29) is 44.1 Å². The minimum Gasteiger partial charge on any atom is -0.503 e. The lowest BCUT2D eigenvalue weighted by atomic mass is 9.82. The third-order valence-electron chi connectivity index (χ3n) is 7.33. The molecule has 0 unspecified atom stereocenters. The SMILES string of the molecule is CCCCCCS(=O)(=O)c1ccc(Nc2ccc3c4c2C(=O)c2ccccc2-c4c(O)c(=O)n3C)c(S(=O)(=O)O)c1. The van der Waals surface area contributed by atoms with Gasteiger partial charge in [0.2, 0.25) is 0 Å². The molecular weight excluding hydrogens is 568 g/mol. The van der Waals surface area contributed by atoms with E-state index in [1.54, 1.807) is 30.3 Å². The number of carbonyl (C=O) groups is 1. The quantitative estimate of drug-likeness (QED) is 0.160. The summed E-state index contributed by atoms with van der Waals surface area (Å²) in [5.74, 6) is -1.14. The molecule has 0 spiro atoms. The summed E-state index contributed by atoms with van der Waals surface area (Å²) in [6.07, 6.45) is 2.93. The maximum Gasteiger partial charge on any atom is 0.296 e. The summed E-state index contributed by atoms with van der Waals surface area (Å²) in [5, 5.41) is 14.0. The molecule has 0 aliphatic heterocycles. The van der Waals surface area contributed by atoms with Gasteiger partial charge in [-0.2, -0.15) is 8.42 Å². The normalized spacial score (nSPS) is 12.9. The molecule has 0 saturated heterocycles. The Balaban J connectivity index is 1.68. The van der Waals surface area contributed by atoms with Crippen molar-refractivity contribution in [3.05, 3.63) is 76.1 Å². The van der Waals surface area contributed by atoms with Crippen LogP contribution in [0.3, 0.4) is 0 Å². The van der Waals surface area contributed by atoms with Crippen molar-refractivity contribution in [2.24, 2.45) is 7.05 Å². The topological polar surface area (TPSA) is 160 Å². The van der Waals surface area contributed by atoms with E-state index in [9.17, 15) is 36.1 Å². The van der Waals surface area contributed by atoms with Crippen LogP contribution in [0.15, 0.2) is 69.2 Å². The Morgan fingerprint density at radius 3 is 2.22 bits per heavy atom. The maximum atomic E-state index is 13.8. The van der Waals surface area contributed by atoms with Gasteiger partial charge in [-0.1, -0.05) is 50.5 Å². The monoisotopic (exact) mass is 596 g/mol. The van der Waals surface area contributed by atoms with Crippen LogP contribution in [0.1, 0.15) is 48.5 Å². The lowest BCUT2D eigenvalue weighted by Gasteiger charge is -2.24. The minimum atomic E-state index is -4.90. The lowest BCUT2D eigenvalue weighted by Crippen LogP contribution is -2.22. The van der Waals surface area contributed by atoms with Gasteiger partial charge in [-0.05, 0) is 42.3 Å². The molecule has 0 radical (unpaired) electrons. The van der Waals surface area contributed by atoms with Crippen LogP contribution in [0.4, 0.5) is 11.4 Å². The Kier molecular flexibility index (Phi) is 7.26. The highest BCUT2D eigenvalue weighted by atomic mass is 32.2. The zero-order valence-corrected chi connectivity index (χ0v) is 24.0. The van der Waals surface area contributed by atoms with Crippen LogP contribution in [0.5, 0.6) is 5.75 Å². The van der Waals surface area contributed by atoms with Crippen molar-refractivity contribution >= 4 is 48.0 Å². The number of unbranched alkanes of at least 4 members (excludes halogenated alkanes) is 3. The van der Waals surface area contributed by atoms with E-state index < -0.39 is 41.9 Å². The van der Waals surface area contributed by atoms with Gasteiger partial charge >= 0.3 is 0 Å². The predicted molar refractivity (Wildman–Crippen MR) is 155 cm³/mol. The van der Waals surface area contributed by atoms with E-state index in [1.165, 1.54) is 29.8 Å². The Labute approximate surface area is 236 Å². The van der Waals surface area contributed by atoms with Crippen LogP contribution in [0.2, 0.25) is 0 Å². The molecular formula is C29H28N2O8S2. The van der Waals surface area contributed by atoms with E-state index in [0.717, 1.165) is 18.9 Å². The van der Waals surface area contributed by atoms with Crippen molar-refractivity contribution < 1.29 is 31.3 Å². The molecule has 0 bridgehead atoms. The van der Waals surface area contributed by atoms with Gasteiger partial charge in [-0.3, -0.25) is 14.1 Å². The molecule has 1 aliphatic carbocycles. The molecule has 3 N–H and O–H groups in total. The van der Waals surface area contributed by atoms with Crippen LogP contribution in [-0.4, -0.2) is 42.6 Å². The molecule has 5 rings (SSSR count). The Morgan fingerprint density at radius 2 is 1.54 bits per heavy atom. The molecule has 0 fully saturated rings. The number of aromatic hydroxyl groups is 1. The standard InChI is InChI=1S/C29H28N2O8S2/c1-3-4-5-8-15-40(35,36)17-11-12-20(23(16-17)41(37,38)39)30-21-13-14-22-26-24(28(33)29(34)31(22)2)18-9-6-7-10-19(18)27(32)25(21)26/h6-7,9-14,16,30,33H,3-5,8,15H2,1-2H3,(H,37,38,39). The number of aryl methyl sites for hydroxylation is 1. The lowest BCUT2D eigenvalue weighted by molar-refractivity contribution is 0.104. The molecule has 1 heterocycles. The fourth-order valence-electron chi connectivity index (χ4n) is 5.25. The van der Waals surface area contributed by atoms with Crippen LogP contribution >= 0.6 is 0 Å². The third kappa shape index (κ3) is 4.92. The first-order valence-electron chi connectivity index (χ1n) is 13.0. The van der Waals surface area contributed by atoms with Crippen molar-refractivity contribution in [1.29, 1.82) is 0 Å². The van der Waals surface area contributed by atoms with Crippen LogP contribution in [-0.2, 0) is 27.0 Å². The molecule has 4 aromatic rings. The number of sulfone groups is 1. The number of fused-ring (bicyclic) bond motifs is 2. The fourth-order valence-corrected chi connectivity index (χ4v) is 7.39. The van der Waals surface area contributed by atoms with Gasteiger partial charge in [0, 0.05) is 23.6 Å². The number of nitrogens with one attached hydrogen (secondary N) is 1. The van der Waals surface area contributed by atoms with Gasteiger partial charge in [0.1, 0.15) is 4.90 Å². The molecule has 1 aliphatic rings. The number of hydrogen-bond acceptors (Lipinski definition) is 8. The molecule has 12 heteroatoms. The molecule has 1 aromatic heterocycles. The summed E-state index contributed by atoms with van der Waals surface area (Å²) in [7, 11) is -7.27. The van der Waals surface area contributed by atoms with E-state index in [2.05, 4.69) is 5.32 Å². The number of anilines is 2. The number of pyridine rings is 1. The molecule has 41 heavy (non-hydrogen) atoms. The maximum absolute atomic E-state index is 13.8. The smallest absolute Gasteiger partial charge is 0.296 e. The summed E-state index contributed by atoms with van der Waals surface area (Å²) in [6.45, 7) is 2.00. The third-order valence-corrected chi connectivity index (χ3v) is 10.0. The van der Waals surface area contributed by atoms with Crippen LogP contribution in [0.25, 0.3) is 22.0 Å². The van der Waals surface area contributed by atoms with Crippen molar-refractivity contribution in [2.75, 3.05) is 11.1 Å². The number of benzene rings is 3. The summed E-state index contributed by atoms with van der Waals surface area (Å²) in [5.41, 5.74) is 0.571. The average molecular weight is 597 g/mol. The number of aromatic nitrogens is 1. The van der Waals surface area contributed by atoms with E-state index in [0.29, 0.717) is 23.9 Å². The summed E-state index contributed by atoms with van der Waals surface area (Å²) >= 11 is 0. The number of ketones is 1. The van der Waals surface area contributed by atoms with Crippen LogP contribution in [0, 0.1) is 0 Å². The molecule has 3 aromatic carbocycles. The number of nitrogens with zero attached hydrogens (tertiary/aromatic N) is 1. The Hall–Kier alpha value is -4.00. The predicted octanol–water partition coefficient (Wildman–Crippen LogP) is 4.80. The highest BCUT2D eigenvalue weighted by Gasteiger charge is 2.32. The highest BCUT2D eigenvalue weighted by Crippen LogP contribution is 2.45. The zero-order valence-electron chi connectivity index (χ0n) is 22.3. The molecule has 214 valence electrons. The van der Waals surface area contributed by atoms with Gasteiger partial charge < -0.3 is 15.0 Å². The second-order valence-corrected chi connectivity index (χ2v) is 13.5. The minimum absolute atomic E-state index is 0.0796. The number of carbonyl (C=O) groups excluding carboxylic acids is 1. The molecule has 0 amide bonds. The summed E-state index contributed by atoms with van der Waals surface area (Å²) < 4.78 is 61.8. The second-order valence-electron chi connectivity index (χ2n) is 9.98. The summed E-state index contributed by atoms with van der Waals surface area (Å²) in [4.78, 5) is 25.6. The first kappa shape index (κ1) is 28.5. The first-order chi connectivity index (χ1) is 19.4. The number of rotatable bonds is 9. The molecule has 0 atom stereocenters. The van der Waals surface area contributed by atoms with Crippen molar-refractivity contribution in [3.8, 4) is 16.9 Å². The van der Waals surface area contributed by atoms with Gasteiger partial charge in [-0.15, -0.1) is 0 Å². The van der Waals surface area contributed by atoms with Crippen molar-refractivity contribution in [3.63, 3.8) is 0 Å².